The molecule has 0 radical (unpaired) electrons. The van der Waals surface area contributed by atoms with Crippen LogP contribution >= 0.6 is 0 Å². The van der Waals surface area contributed by atoms with Crippen LogP contribution in [0.25, 0.3) is 0 Å². The van der Waals surface area contributed by atoms with Gasteiger partial charge >= 0.3 is 0 Å². The first-order valence-corrected chi connectivity index (χ1v) is 9.12. The van der Waals surface area contributed by atoms with Crippen molar-refractivity contribution in [2.75, 3.05) is 5.32 Å². The minimum absolute atomic E-state index is 0.444. The summed E-state index contributed by atoms with van der Waals surface area (Å²) in [6, 6.07) is 9.31. The van der Waals surface area contributed by atoms with Crippen LogP contribution < -0.4 is 5.32 Å². The summed E-state index contributed by atoms with van der Waals surface area (Å²) in [6.45, 7) is 2.27. The molecule has 4 aliphatic carbocycles. The van der Waals surface area contributed by atoms with Crippen molar-refractivity contribution >= 4 is 5.69 Å². The first-order chi connectivity index (χ1) is 10.2. The fourth-order valence-electron chi connectivity index (χ4n) is 5.71. The Bertz CT molecular complexity index is 452. The van der Waals surface area contributed by atoms with E-state index in [9.17, 15) is 0 Å². The van der Waals surface area contributed by atoms with Gasteiger partial charge in [0.1, 0.15) is 0 Å². The first-order valence-electron chi connectivity index (χ1n) is 9.12. The van der Waals surface area contributed by atoms with Crippen LogP contribution in [-0.2, 0) is 6.42 Å². The second kappa shape index (κ2) is 5.34. The van der Waals surface area contributed by atoms with Crippen LogP contribution in [0, 0.1) is 17.8 Å². The molecule has 0 heterocycles. The number of benzene rings is 1. The molecule has 1 heteroatoms. The third-order valence-corrected chi connectivity index (χ3v) is 6.22. The lowest BCUT2D eigenvalue weighted by Gasteiger charge is -2.57. The summed E-state index contributed by atoms with van der Waals surface area (Å²) in [6.07, 6.45) is 12.7. The molecule has 1 N–H and O–H groups in total. The Morgan fingerprint density at radius 3 is 2.05 bits per heavy atom. The van der Waals surface area contributed by atoms with Crippen molar-refractivity contribution in [3.8, 4) is 0 Å². The average Bonchev–Trinajstić information content (AvgIpc) is 2.45. The van der Waals surface area contributed by atoms with E-state index in [4.69, 9.17) is 0 Å². The highest BCUT2D eigenvalue weighted by molar-refractivity contribution is 5.47. The van der Waals surface area contributed by atoms with Gasteiger partial charge in [-0.25, -0.2) is 0 Å². The number of hydrogen-bond donors (Lipinski definition) is 1. The van der Waals surface area contributed by atoms with E-state index >= 15 is 0 Å². The van der Waals surface area contributed by atoms with Crippen molar-refractivity contribution in [3.63, 3.8) is 0 Å². The summed E-state index contributed by atoms with van der Waals surface area (Å²) >= 11 is 0. The van der Waals surface area contributed by atoms with Gasteiger partial charge < -0.3 is 5.32 Å². The van der Waals surface area contributed by atoms with Crippen LogP contribution in [0.5, 0.6) is 0 Å². The Kier molecular flexibility index (Phi) is 3.47. The van der Waals surface area contributed by atoms with Crippen LogP contribution in [0.2, 0.25) is 0 Å². The topological polar surface area (TPSA) is 12.0 Å². The molecule has 1 aromatic rings. The Hall–Kier alpha value is -0.980. The van der Waals surface area contributed by atoms with Crippen LogP contribution in [0.1, 0.15) is 63.9 Å². The quantitative estimate of drug-likeness (QED) is 0.762. The normalized spacial score (nSPS) is 36.9. The number of rotatable bonds is 5. The van der Waals surface area contributed by atoms with E-state index < -0.39 is 0 Å². The van der Waals surface area contributed by atoms with Crippen LogP contribution in [-0.4, -0.2) is 5.54 Å². The number of anilines is 1. The highest BCUT2D eigenvalue weighted by Crippen LogP contribution is 2.56. The van der Waals surface area contributed by atoms with Gasteiger partial charge in [-0.2, -0.15) is 0 Å². The molecule has 4 fully saturated rings. The maximum atomic E-state index is 3.97. The largest absolute Gasteiger partial charge is 0.380 e. The Morgan fingerprint density at radius 2 is 1.52 bits per heavy atom. The van der Waals surface area contributed by atoms with E-state index in [0.29, 0.717) is 5.54 Å². The van der Waals surface area contributed by atoms with Crippen LogP contribution in [0.4, 0.5) is 5.69 Å². The van der Waals surface area contributed by atoms with Gasteiger partial charge in [-0.1, -0.05) is 25.5 Å². The molecule has 0 amide bonds. The molecule has 4 aliphatic rings. The van der Waals surface area contributed by atoms with Crippen LogP contribution in [0.3, 0.4) is 0 Å². The fraction of sp³-hybridized carbons (Fsp3) is 0.700. The smallest absolute Gasteiger partial charge is 0.0381 e. The predicted molar refractivity (Wildman–Crippen MR) is 89.6 cm³/mol. The van der Waals surface area contributed by atoms with Gasteiger partial charge in [0, 0.05) is 11.2 Å². The van der Waals surface area contributed by atoms with Gasteiger partial charge in [-0.15, -0.1) is 0 Å². The molecule has 4 bridgehead atoms. The zero-order chi connectivity index (χ0) is 14.3. The monoisotopic (exact) mass is 283 g/mol. The second-order valence-corrected chi connectivity index (χ2v) is 8.12. The molecular weight excluding hydrogens is 254 g/mol. The predicted octanol–water partition coefficient (Wildman–Crippen LogP) is 5.41. The molecule has 21 heavy (non-hydrogen) atoms. The molecule has 0 atom stereocenters. The summed E-state index contributed by atoms with van der Waals surface area (Å²) in [7, 11) is 0. The fourth-order valence-corrected chi connectivity index (χ4v) is 5.71. The van der Waals surface area contributed by atoms with Gasteiger partial charge in [-0.3, -0.25) is 0 Å². The molecule has 114 valence electrons. The molecule has 5 rings (SSSR count). The molecular formula is C20H29N. The molecule has 0 spiro atoms. The van der Waals surface area contributed by atoms with E-state index in [2.05, 4.69) is 36.5 Å². The number of nitrogens with one attached hydrogen (secondary N) is 1. The highest BCUT2D eigenvalue weighted by Gasteiger charge is 2.50. The lowest BCUT2D eigenvalue weighted by Crippen LogP contribution is -2.54. The SMILES string of the molecule is CCCCc1ccc(NC23CC4CC(CC(C4)C2)C3)cc1. The molecule has 0 aliphatic heterocycles. The maximum absolute atomic E-state index is 3.97. The summed E-state index contributed by atoms with van der Waals surface area (Å²) < 4.78 is 0. The van der Waals surface area contributed by atoms with Crippen molar-refractivity contribution in [2.45, 2.75) is 70.3 Å². The van der Waals surface area contributed by atoms with Gasteiger partial charge in [-0.05, 0) is 86.8 Å². The van der Waals surface area contributed by atoms with E-state index in [1.54, 1.807) is 0 Å². The number of unbranched alkanes of at least 4 members (excludes halogenated alkanes) is 1. The standard InChI is InChI=1S/C20H29N/c1-2-3-4-15-5-7-19(8-6-15)21-20-12-16-9-17(13-20)11-18(10-16)14-20/h5-8,16-18,21H,2-4,9-14H2,1H3. The van der Waals surface area contributed by atoms with Crippen LogP contribution in [0.15, 0.2) is 24.3 Å². The van der Waals surface area contributed by atoms with Crippen molar-refractivity contribution in [2.24, 2.45) is 17.8 Å². The molecule has 1 nitrogen and oxygen atoms in total. The van der Waals surface area contributed by atoms with Crippen molar-refractivity contribution < 1.29 is 0 Å². The molecule has 0 saturated heterocycles. The number of aryl methyl sites for hydroxylation is 1. The van der Waals surface area contributed by atoms with Crippen molar-refractivity contribution in [1.82, 2.24) is 0 Å². The summed E-state index contributed by atoms with van der Waals surface area (Å²) in [4.78, 5) is 0. The lowest BCUT2D eigenvalue weighted by atomic mass is 9.53. The summed E-state index contributed by atoms with van der Waals surface area (Å²) in [5, 5.41) is 3.97. The summed E-state index contributed by atoms with van der Waals surface area (Å²) in [5.41, 5.74) is 3.30. The summed E-state index contributed by atoms with van der Waals surface area (Å²) in [5.74, 6) is 3.06. The first kappa shape index (κ1) is 13.7. The van der Waals surface area contributed by atoms with E-state index in [1.165, 1.54) is 69.0 Å². The van der Waals surface area contributed by atoms with Gasteiger partial charge in [0.05, 0.1) is 0 Å². The Labute approximate surface area is 129 Å². The zero-order valence-corrected chi connectivity index (χ0v) is 13.4. The van der Waals surface area contributed by atoms with Crippen molar-refractivity contribution in [3.05, 3.63) is 29.8 Å². The van der Waals surface area contributed by atoms with Crippen molar-refractivity contribution in [1.29, 1.82) is 0 Å². The minimum atomic E-state index is 0.444. The van der Waals surface area contributed by atoms with Gasteiger partial charge in [0.15, 0.2) is 0 Å². The third kappa shape index (κ3) is 2.72. The minimum Gasteiger partial charge on any atom is -0.380 e. The molecule has 4 saturated carbocycles. The Balaban J connectivity index is 1.46. The number of hydrogen-bond acceptors (Lipinski definition) is 1. The van der Waals surface area contributed by atoms with E-state index in [1.807, 2.05) is 0 Å². The highest BCUT2D eigenvalue weighted by atomic mass is 15.0. The average molecular weight is 283 g/mol. The Morgan fingerprint density at radius 1 is 0.952 bits per heavy atom. The molecule has 0 unspecified atom stereocenters. The van der Waals surface area contributed by atoms with E-state index in [0.717, 1.165) is 17.8 Å². The van der Waals surface area contributed by atoms with Gasteiger partial charge in [0.2, 0.25) is 0 Å². The van der Waals surface area contributed by atoms with Gasteiger partial charge in [0.25, 0.3) is 0 Å². The lowest BCUT2D eigenvalue weighted by molar-refractivity contribution is 0.0107. The second-order valence-electron chi connectivity index (χ2n) is 8.12. The molecule has 0 aromatic heterocycles. The maximum Gasteiger partial charge on any atom is 0.0381 e. The van der Waals surface area contributed by atoms with E-state index in [-0.39, 0.29) is 0 Å². The molecule has 1 aromatic carbocycles. The third-order valence-electron chi connectivity index (χ3n) is 6.22. The zero-order valence-electron chi connectivity index (χ0n) is 13.4.